The third-order valence-corrected chi connectivity index (χ3v) is 4.00. The van der Waals surface area contributed by atoms with Crippen molar-refractivity contribution in [2.45, 2.75) is 26.5 Å². The molecule has 1 saturated carbocycles. The van der Waals surface area contributed by atoms with Crippen LogP contribution in [0.5, 0.6) is 0 Å². The molecule has 3 atom stereocenters. The van der Waals surface area contributed by atoms with Gasteiger partial charge in [-0.15, -0.1) is 0 Å². The molecule has 0 aromatic rings. The lowest BCUT2D eigenvalue weighted by Gasteiger charge is -2.30. The van der Waals surface area contributed by atoms with E-state index in [4.69, 9.17) is 4.84 Å². The average molecular weight is 209 g/mol. The fourth-order valence-corrected chi connectivity index (χ4v) is 3.12. The van der Waals surface area contributed by atoms with Crippen molar-refractivity contribution in [3.63, 3.8) is 0 Å². The van der Waals surface area contributed by atoms with Crippen LogP contribution in [0, 0.1) is 17.8 Å². The van der Waals surface area contributed by atoms with Gasteiger partial charge in [0.15, 0.2) is 5.84 Å². The van der Waals surface area contributed by atoms with Crippen molar-refractivity contribution in [1.29, 1.82) is 0 Å². The van der Waals surface area contributed by atoms with Crippen LogP contribution in [0.2, 0.25) is 0 Å². The highest BCUT2D eigenvalue weighted by Gasteiger charge is 2.59. The Morgan fingerprint density at radius 3 is 2.73 bits per heavy atom. The van der Waals surface area contributed by atoms with Gasteiger partial charge in [-0.05, 0) is 45.7 Å². The molecule has 2 aliphatic heterocycles. The van der Waals surface area contributed by atoms with Gasteiger partial charge < -0.3 is 15.1 Å². The predicted octanol–water partition coefficient (Wildman–Crippen LogP) is 0.853. The van der Waals surface area contributed by atoms with E-state index in [-0.39, 0.29) is 5.72 Å². The van der Waals surface area contributed by atoms with Gasteiger partial charge in [0.1, 0.15) is 0 Å². The maximum atomic E-state index is 5.52. The molecule has 0 aromatic carbocycles. The number of rotatable bonds is 2. The van der Waals surface area contributed by atoms with Gasteiger partial charge in [0, 0.05) is 12.5 Å². The van der Waals surface area contributed by atoms with Crippen molar-refractivity contribution in [2.75, 3.05) is 19.6 Å². The van der Waals surface area contributed by atoms with Crippen LogP contribution < -0.4 is 5.32 Å². The molecule has 0 amide bonds. The summed E-state index contributed by atoms with van der Waals surface area (Å²) >= 11 is 0. The minimum absolute atomic E-state index is 0.242. The molecule has 4 nitrogen and oxygen atoms in total. The van der Waals surface area contributed by atoms with E-state index in [1.807, 2.05) is 0 Å². The second-order valence-electron chi connectivity index (χ2n) is 5.24. The monoisotopic (exact) mass is 209 g/mol. The van der Waals surface area contributed by atoms with Crippen molar-refractivity contribution in [3.8, 4) is 0 Å². The number of amidine groups is 1. The van der Waals surface area contributed by atoms with E-state index in [2.05, 4.69) is 36.1 Å². The van der Waals surface area contributed by atoms with Crippen molar-refractivity contribution in [1.82, 2.24) is 10.2 Å². The SMILES string of the molecule is CCN1C(C2[C@H]3CNC[C@@H]23)=NOC1(C)C. The number of hydrogen-bond donors (Lipinski definition) is 1. The van der Waals surface area contributed by atoms with Crippen LogP contribution in [-0.4, -0.2) is 36.1 Å². The molecule has 0 bridgehead atoms. The Labute approximate surface area is 90.6 Å². The zero-order valence-corrected chi connectivity index (χ0v) is 9.66. The van der Waals surface area contributed by atoms with Gasteiger partial charge in [-0.2, -0.15) is 0 Å². The summed E-state index contributed by atoms with van der Waals surface area (Å²) in [5.74, 6) is 3.48. The summed E-state index contributed by atoms with van der Waals surface area (Å²) in [6, 6.07) is 0. The zero-order chi connectivity index (χ0) is 10.6. The van der Waals surface area contributed by atoms with Crippen LogP contribution in [0.4, 0.5) is 0 Å². The number of oxime groups is 1. The first-order chi connectivity index (χ1) is 7.15. The van der Waals surface area contributed by atoms with E-state index in [1.54, 1.807) is 0 Å². The fourth-order valence-electron chi connectivity index (χ4n) is 3.12. The number of hydrogen-bond acceptors (Lipinski definition) is 4. The Morgan fingerprint density at radius 2 is 2.13 bits per heavy atom. The summed E-state index contributed by atoms with van der Waals surface area (Å²) < 4.78 is 0. The van der Waals surface area contributed by atoms with Gasteiger partial charge in [0.25, 0.3) is 0 Å². The van der Waals surface area contributed by atoms with Crippen molar-refractivity contribution >= 4 is 5.84 Å². The van der Waals surface area contributed by atoms with Gasteiger partial charge in [-0.25, -0.2) is 0 Å². The van der Waals surface area contributed by atoms with Crippen LogP contribution in [0.3, 0.4) is 0 Å². The highest BCUT2D eigenvalue weighted by Crippen LogP contribution is 2.51. The van der Waals surface area contributed by atoms with Gasteiger partial charge in [-0.1, -0.05) is 5.16 Å². The topological polar surface area (TPSA) is 36.9 Å². The van der Waals surface area contributed by atoms with Gasteiger partial charge in [-0.3, -0.25) is 0 Å². The predicted molar refractivity (Wildman–Crippen MR) is 58.3 cm³/mol. The van der Waals surface area contributed by atoms with Crippen LogP contribution in [0.25, 0.3) is 0 Å². The van der Waals surface area contributed by atoms with E-state index >= 15 is 0 Å². The molecule has 2 heterocycles. The number of nitrogens with zero attached hydrogens (tertiary/aromatic N) is 2. The number of nitrogens with one attached hydrogen (secondary N) is 1. The van der Waals surface area contributed by atoms with E-state index in [0.717, 1.165) is 31.5 Å². The van der Waals surface area contributed by atoms with E-state index in [9.17, 15) is 0 Å². The Morgan fingerprint density at radius 1 is 1.47 bits per heavy atom. The third-order valence-electron chi connectivity index (χ3n) is 4.00. The van der Waals surface area contributed by atoms with Crippen LogP contribution >= 0.6 is 0 Å². The van der Waals surface area contributed by atoms with E-state index in [1.165, 1.54) is 5.84 Å². The van der Waals surface area contributed by atoms with E-state index < -0.39 is 0 Å². The number of fused-ring (bicyclic) bond motifs is 1. The lowest BCUT2D eigenvalue weighted by Crippen LogP contribution is -2.45. The zero-order valence-electron chi connectivity index (χ0n) is 9.66. The Kier molecular flexibility index (Phi) is 1.81. The average Bonchev–Trinajstić information content (AvgIpc) is 2.60. The Hall–Kier alpha value is -0.770. The first kappa shape index (κ1) is 9.46. The fraction of sp³-hybridized carbons (Fsp3) is 0.909. The minimum Gasteiger partial charge on any atom is -0.366 e. The van der Waals surface area contributed by atoms with Crippen molar-refractivity contribution in [3.05, 3.63) is 0 Å². The van der Waals surface area contributed by atoms with Gasteiger partial charge in [0.05, 0.1) is 0 Å². The quantitative estimate of drug-likeness (QED) is 0.732. The van der Waals surface area contributed by atoms with Crippen LogP contribution in [-0.2, 0) is 4.84 Å². The molecular formula is C11H19N3O. The lowest BCUT2D eigenvalue weighted by molar-refractivity contribution is -0.0669. The molecule has 3 aliphatic rings. The van der Waals surface area contributed by atoms with Gasteiger partial charge in [0.2, 0.25) is 5.72 Å². The minimum atomic E-state index is -0.242. The Bertz CT molecular complexity index is 303. The standard InChI is InChI=1S/C11H19N3O/c1-4-14-10(13-15-11(14,2)3)9-7-5-12-6-8(7)9/h7-9,12H,4-6H2,1-3H3/t7-,8+,9?. The summed E-state index contributed by atoms with van der Waals surface area (Å²) in [7, 11) is 0. The molecule has 1 unspecified atom stereocenters. The smallest absolute Gasteiger partial charge is 0.205 e. The lowest BCUT2D eigenvalue weighted by atomic mass is 10.2. The summed E-state index contributed by atoms with van der Waals surface area (Å²) in [6.45, 7) is 9.64. The molecule has 84 valence electrons. The highest BCUT2D eigenvalue weighted by atomic mass is 16.7. The third kappa shape index (κ3) is 1.20. The maximum absolute atomic E-state index is 5.52. The summed E-state index contributed by atoms with van der Waals surface area (Å²) in [5, 5.41) is 7.71. The summed E-state index contributed by atoms with van der Waals surface area (Å²) in [4.78, 5) is 7.82. The molecule has 0 radical (unpaired) electrons. The van der Waals surface area contributed by atoms with Crippen molar-refractivity contribution in [2.24, 2.45) is 22.9 Å². The first-order valence-electron chi connectivity index (χ1n) is 5.89. The van der Waals surface area contributed by atoms with E-state index in [0.29, 0.717) is 5.92 Å². The summed E-state index contributed by atoms with van der Waals surface area (Å²) in [5.41, 5.74) is -0.242. The molecule has 1 N–H and O–H groups in total. The molecule has 1 aliphatic carbocycles. The maximum Gasteiger partial charge on any atom is 0.205 e. The largest absolute Gasteiger partial charge is 0.366 e. The molecule has 2 fully saturated rings. The second-order valence-corrected chi connectivity index (χ2v) is 5.24. The summed E-state index contributed by atoms with van der Waals surface area (Å²) in [6.07, 6.45) is 0. The second kappa shape index (κ2) is 2.88. The first-order valence-corrected chi connectivity index (χ1v) is 5.89. The molecule has 15 heavy (non-hydrogen) atoms. The Balaban J connectivity index is 1.77. The van der Waals surface area contributed by atoms with Gasteiger partial charge >= 0.3 is 0 Å². The molecule has 4 heteroatoms. The van der Waals surface area contributed by atoms with Crippen LogP contribution in [0.15, 0.2) is 5.16 Å². The molecule has 1 saturated heterocycles. The molecular weight excluding hydrogens is 190 g/mol. The molecule has 0 aromatic heterocycles. The number of piperidine rings is 1. The van der Waals surface area contributed by atoms with Crippen molar-refractivity contribution < 1.29 is 4.84 Å². The molecule has 0 spiro atoms. The van der Waals surface area contributed by atoms with Crippen LogP contribution in [0.1, 0.15) is 20.8 Å². The highest BCUT2D eigenvalue weighted by molar-refractivity contribution is 5.89. The normalized spacial score (nSPS) is 41.1. The molecule has 3 rings (SSSR count).